The van der Waals surface area contributed by atoms with Crippen molar-refractivity contribution in [2.45, 2.75) is 52.6 Å². The summed E-state index contributed by atoms with van der Waals surface area (Å²) in [6.45, 7) is 8.71. The van der Waals surface area contributed by atoms with Crippen LogP contribution in [-0.4, -0.2) is 18.3 Å². The summed E-state index contributed by atoms with van der Waals surface area (Å²) < 4.78 is 5.03. The maximum Gasteiger partial charge on any atom is 0.330 e. The first-order valence-corrected chi connectivity index (χ1v) is 12.8. The molecular formula is C31H34ClNO3. The minimum absolute atomic E-state index is 0.100. The predicted molar refractivity (Wildman–Crippen MR) is 148 cm³/mol. The molecule has 0 saturated carbocycles. The van der Waals surface area contributed by atoms with Crippen LogP contribution in [0.2, 0.25) is 5.02 Å². The Morgan fingerprint density at radius 3 is 2.08 bits per heavy atom. The third-order valence-electron chi connectivity index (χ3n) is 6.08. The standard InChI is InChI=1S/C31H34ClNO3/c1-4-20-33(27-14-6-23(3)7-15-27)28-16-9-24(10-17-28)11-18-29(34)19-12-25-8-13-26(30(32)21-25)22-36-31(35)5-2/h5-10,13-17,21H,2,4,11-12,18-20,22H2,1,3H3. The Labute approximate surface area is 219 Å². The third kappa shape index (κ3) is 8.10. The van der Waals surface area contributed by atoms with E-state index >= 15 is 0 Å². The summed E-state index contributed by atoms with van der Waals surface area (Å²) in [6.07, 6.45) is 4.52. The minimum atomic E-state index is -0.486. The first kappa shape index (κ1) is 27.2. The summed E-state index contributed by atoms with van der Waals surface area (Å²) in [5, 5.41) is 0.527. The van der Waals surface area contributed by atoms with Crippen molar-refractivity contribution in [3.8, 4) is 0 Å². The number of hydrogen-bond donors (Lipinski definition) is 0. The lowest BCUT2D eigenvalue weighted by Crippen LogP contribution is -2.17. The fraction of sp³-hybridized carbons (Fsp3) is 0.290. The van der Waals surface area contributed by atoms with Crippen LogP contribution in [0.3, 0.4) is 0 Å². The van der Waals surface area contributed by atoms with Crippen LogP contribution in [0.4, 0.5) is 11.4 Å². The van der Waals surface area contributed by atoms with Crippen LogP contribution in [0.15, 0.2) is 79.4 Å². The fourth-order valence-corrected chi connectivity index (χ4v) is 4.22. The number of anilines is 2. The molecule has 0 N–H and O–H groups in total. The summed E-state index contributed by atoms with van der Waals surface area (Å²) in [4.78, 5) is 26.1. The van der Waals surface area contributed by atoms with Crippen LogP contribution in [0, 0.1) is 6.92 Å². The molecule has 0 bridgehead atoms. The zero-order valence-electron chi connectivity index (χ0n) is 21.1. The molecule has 36 heavy (non-hydrogen) atoms. The highest BCUT2D eigenvalue weighted by atomic mass is 35.5. The van der Waals surface area contributed by atoms with Gasteiger partial charge in [-0.15, -0.1) is 0 Å². The van der Waals surface area contributed by atoms with Crippen LogP contribution < -0.4 is 4.90 Å². The number of hydrogen-bond acceptors (Lipinski definition) is 4. The molecule has 0 atom stereocenters. The molecule has 0 unspecified atom stereocenters. The number of ether oxygens (including phenoxy) is 1. The number of benzene rings is 3. The molecule has 0 fully saturated rings. The zero-order valence-corrected chi connectivity index (χ0v) is 21.9. The Hall–Kier alpha value is -3.37. The van der Waals surface area contributed by atoms with Gasteiger partial charge in [0, 0.05) is 47.4 Å². The largest absolute Gasteiger partial charge is 0.458 e. The van der Waals surface area contributed by atoms with Crippen molar-refractivity contribution >= 4 is 34.7 Å². The average molecular weight is 504 g/mol. The monoisotopic (exact) mass is 503 g/mol. The van der Waals surface area contributed by atoms with E-state index in [4.69, 9.17) is 16.3 Å². The molecule has 0 spiro atoms. The van der Waals surface area contributed by atoms with Gasteiger partial charge >= 0.3 is 5.97 Å². The van der Waals surface area contributed by atoms with Gasteiger partial charge in [-0.1, -0.05) is 67.1 Å². The predicted octanol–water partition coefficient (Wildman–Crippen LogP) is 7.56. The number of carbonyl (C=O) groups excluding carboxylic acids is 2. The summed E-state index contributed by atoms with van der Waals surface area (Å²) in [5.74, 6) is -0.258. The van der Waals surface area contributed by atoms with Crippen molar-refractivity contribution in [1.29, 1.82) is 0 Å². The molecule has 0 aromatic heterocycles. The molecule has 0 saturated heterocycles. The molecule has 188 valence electrons. The Bertz CT molecular complexity index is 1170. The van der Waals surface area contributed by atoms with Gasteiger partial charge in [-0.05, 0) is 67.6 Å². The molecule has 0 heterocycles. The summed E-state index contributed by atoms with van der Waals surface area (Å²) in [5.41, 5.74) is 6.48. The fourth-order valence-electron chi connectivity index (χ4n) is 3.96. The van der Waals surface area contributed by atoms with E-state index in [-0.39, 0.29) is 12.4 Å². The molecule has 3 aromatic rings. The number of aryl methyl sites for hydroxylation is 3. The molecule has 3 rings (SSSR count). The van der Waals surface area contributed by atoms with E-state index in [1.165, 1.54) is 11.3 Å². The van der Waals surface area contributed by atoms with Crippen molar-refractivity contribution in [3.05, 3.63) is 107 Å². The normalized spacial score (nSPS) is 10.6. The van der Waals surface area contributed by atoms with Gasteiger partial charge in [0.1, 0.15) is 12.4 Å². The van der Waals surface area contributed by atoms with Crippen LogP contribution in [0.25, 0.3) is 0 Å². The van der Waals surface area contributed by atoms with Gasteiger partial charge in [-0.25, -0.2) is 4.79 Å². The van der Waals surface area contributed by atoms with Crippen molar-refractivity contribution < 1.29 is 14.3 Å². The highest BCUT2D eigenvalue weighted by Crippen LogP contribution is 2.27. The van der Waals surface area contributed by atoms with Gasteiger partial charge in [-0.2, -0.15) is 0 Å². The first-order chi connectivity index (χ1) is 17.4. The number of Topliss-reactive ketones (excluding diaryl/α,β-unsaturated/α-hetero) is 1. The van der Waals surface area contributed by atoms with Crippen molar-refractivity contribution in [3.63, 3.8) is 0 Å². The van der Waals surface area contributed by atoms with E-state index < -0.39 is 5.97 Å². The second-order valence-corrected chi connectivity index (χ2v) is 9.34. The van der Waals surface area contributed by atoms with E-state index in [0.717, 1.165) is 47.8 Å². The average Bonchev–Trinajstić information content (AvgIpc) is 2.89. The Morgan fingerprint density at radius 1 is 0.917 bits per heavy atom. The number of rotatable bonds is 13. The molecule has 5 heteroatoms. The number of nitrogens with zero attached hydrogens (tertiary/aromatic N) is 1. The molecule has 0 radical (unpaired) electrons. The van der Waals surface area contributed by atoms with E-state index in [0.29, 0.717) is 24.3 Å². The van der Waals surface area contributed by atoms with E-state index in [1.807, 2.05) is 18.2 Å². The van der Waals surface area contributed by atoms with Crippen molar-refractivity contribution in [1.82, 2.24) is 0 Å². The van der Waals surface area contributed by atoms with Gasteiger partial charge in [-0.3, -0.25) is 4.79 Å². The van der Waals surface area contributed by atoms with Gasteiger partial charge in [0.25, 0.3) is 0 Å². The Kier molecular flexibility index (Phi) is 10.3. The summed E-state index contributed by atoms with van der Waals surface area (Å²) in [7, 11) is 0. The lowest BCUT2D eigenvalue weighted by atomic mass is 10.0. The highest BCUT2D eigenvalue weighted by molar-refractivity contribution is 6.31. The van der Waals surface area contributed by atoms with Gasteiger partial charge in [0.15, 0.2) is 0 Å². The molecule has 0 aliphatic heterocycles. The zero-order chi connectivity index (χ0) is 25.9. The van der Waals surface area contributed by atoms with Crippen LogP contribution in [0.5, 0.6) is 0 Å². The van der Waals surface area contributed by atoms with Crippen LogP contribution in [0.1, 0.15) is 48.4 Å². The van der Waals surface area contributed by atoms with Crippen molar-refractivity contribution in [2.75, 3.05) is 11.4 Å². The van der Waals surface area contributed by atoms with Crippen LogP contribution in [-0.2, 0) is 33.8 Å². The third-order valence-corrected chi connectivity index (χ3v) is 6.43. The van der Waals surface area contributed by atoms with E-state index in [1.54, 1.807) is 0 Å². The highest BCUT2D eigenvalue weighted by Gasteiger charge is 2.10. The maximum absolute atomic E-state index is 12.5. The molecule has 0 amide bonds. The van der Waals surface area contributed by atoms with E-state index in [2.05, 4.69) is 73.9 Å². The Morgan fingerprint density at radius 2 is 1.50 bits per heavy atom. The maximum atomic E-state index is 12.5. The molecule has 3 aromatic carbocycles. The van der Waals surface area contributed by atoms with Gasteiger partial charge in [0.2, 0.25) is 0 Å². The second kappa shape index (κ2) is 13.6. The summed E-state index contributed by atoms with van der Waals surface area (Å²) in [6, 6.07) is 22.7. The second-order valence-electron chi connectivity index (χ2n) is 8.93. The number of halogens is 1. The summed E-state index contributed by atoms with van der Waals surface area (Å²) >= 11 is 6.31. The SMILES string of the molecule is C=CC(=O)OCc1ccc(CCC(=O)CCc2ccc(N(CCC)c3ccc(C)cc3)cc2)cc1Cl. The number of carbonyl (C=O) groups is 2. The van der Waals surface area contributed by atoms with E-state index in [9.17, 15) is 9.59 Å². The molecule has 4 nitrogen and oxygen atoms in total. The van der Waals surface area contributed by atoms with Crippen LogP contribution >= 0.6 is 11.6 Å². The van der Waals surface area contributed by atoms with Crippen molar-refractivity contribution in [2.24, 2.45) is 0 Å². The smallest absolute Gasteiger partial charge is 0.330 e. The lowest BCUT2D eigenvalue weighted by Gasteiger charge is -2.25. The number of esters is 1. The molecular weight excluding hydrogens is 470 g/mol. The lowest BCUT2D eigenvalue weighted by molar-refractivity contribution is -0.139. The van der Waals surface area contributed by atoms with Gasteiger partial charge < -0.3 is 9.64 Å². The molecule has 0 aliphatic carbocycles. The minimum Gasteiger partial charge on any atom is -0.458 e. The van der Waals surface area contributed by atoms with Gasteiger partial charge in [0.05, 0.1) is 0 Å². The molecule has 0 aliphatic rings. The quantitative estimate of drug-likeness (QED) is 0.178. The first-order valence-electron chi connectivity index (χ1n) is 12.4. The Balaban J connectivity index is 1.50. The topological polar surface area (TPSA) is 46.6 Å². The number of ketones is 1.